The molecule has 3 nitrogen and oxygen atoms in total. The summed E-state index contributed by atoms with van der Waals surface area (Å²) in [7, 11) is 0. The minimum Gasteiger partial charge on any atom is -0.380 e. The molecular weight excluding hydrogens is 404 g/mol. The van der Waals surface area contributed by atoms with Gasteiger partial charge in [0.05, 0.1) is 13.1 Å². The number of nitrogens with zero attached hydrogens (tertiary/aromatic N) is 1. The topological polar surface area (TPSA) is 52.0 Å². The standard InChI is InChI=1S/C14H10Br2N2OS/c1-7-2-4-8(5-3-7)11-12(19-18-14(11)17)9-6-10(15)20-13(9)16/h2-6H,1H3,(H2,17,18). The first kappa shape index (κ1) is 13.9. The van der Waals surface area contributed by atoms with Crippen LogP contribution >= 0.6 is 43.2 Å². The molecule has 0 fully saturated rings. The van der Waals surface area contributed by atoms with Crippen LogP contribution in [0.15, 0.2) is 42.4 Å². The fourth-order valence-electron chi connectivity index (χ4n) is 1.98. The van der Waals surface area contributed by atoms with Gasteiger partial charge in [0.2, 0.25) is 0 Å². The molecule has 2 N–H and O–H groups in total. The van der Waals surface area contributed by atoms with Gasteiger partial charge in [-0.15, -0.1) is 11.3 Å². The summed E-state index contributed by atoms with van der Waals surface area (Å²) in [4.78, 5) is 0. The molecule has 0 aliphatic rings. The number of hydrogen-bond acceptors (Lipinski definition) is 4. The van der Waals surface area contributed by atoms with Gasteiger partial charge in [0.15, 0.2) is 11.6 Å². The third-order valence-corrected chi connectivity index (χ3v) is 5.30. The van der Waals surface area contributed by atoms with Crippen molar-refractivity contribution >= 4 is 49.0 Å². The molecule has 3 aromatic rings. The van der Waals surface area contributed by atoms with Gasteiger partial charge in [-0.1, -0.05) is 35.0 Å². The molecule has 2 aromatic heterocycles. The third kappa shape index (κ3) is 2.43. The van der Waals surface area contributed by atoms with Gasteiger partial charge in [-0.3, -0.25) is 0 Å². The number of thiophene rings is 1. The van der Waals surface area contributed by atoms with Crippen LogP contribution < -0.4 is 5.73 Å². The molecule has 0 bridgehead atoms. The Morgan fingerprint density at radius 3 is 2.50 bits per heavy atom. The van der Waals surface area contributed by atoms with Crippen molar-refractivity contribution < 1.29 is 4.52 Å². The number of halogens is 2. The Morgan fingerprint density at radius 2 is 1.90 bits per heavy atom. The van der Waals surface area contributed by atoms with Crippen molar-refractivity contribution in [2.24, 2.45) is 0 Å². The van der Waals surface area contributed by atoms with E-state index >= 15 is 0 Å². The summed E-state index contributed by atoms with van der Waals surface area (Å²) in [5.41, 5.74) is 9.95. The van der Waals surface area contributed by atoms with Gasteiger partial charge in [0, 0.05) is 5.56 Å². The number of rotatable bonds is 2. The van der Waals surface area contributed by atoms with Crippen molar-refractivity contribution in [3.63, 3.8) is 0 Å². The summed E-state index contributed by atoms with van der Waals surface area (Å²) in [6.07, 6.45) is 0. The predicted octanol–water partition coefficient (Wildman–Crippen LogP) is 5.49. The second-order valence-electron chi connectivity index (χ2n) is 4.38. The fourth-order valence-corrected chi connectivity index (χ4v) is 4.77. The maximum absolute atomic E-state index is 5.98. The molecule has 0 saturated heterocycles. The first-order valence-corrected chi connectivity index (χ1v) is 8.24. The smallest absolute Gasteiger partial charge is 0.178 e. The zero-order valence-electron chi connectivity index (χ0n) is 10.5. The molecule has 1 aromatic carbocycles. The van der Waals surface area contributed by atoms with E-state index in [9.17, 15) is 0 Å². The number of aromatic nitrogens is 1. The number of nitrogen functional groups attached to an aromatic ring is 1. The van der Waals surface area contributed by atoms with Crippen LogP contribution in [-0.2, 0) is 0 Å². The van der Waals surface area contributed by atoms with Gasteiger partial charge in [-0.2, -0.15) is 0 Å². The van der Waals surface area contributed by atoms with Crippen molar-refractivity contribution in [1.29, 1.82) is 0 Å². The van der Waals surface area contributed by atoms with Crippen molar-refractivity contribution in [1.82, 2.24) is 5.16 Å². The molecule has 0 aliphatic heterocycles. The molecule has 0 spiro atoms. The normalized spacial score (nSPS) is 10.9. The monoisotopic (exact) mass is 412 g/mol. The molecule has 20 heavy (non-hydrogen) atoms. The molecule has 0 atom stereocenters. The largest absolute Gasteiger partial charge is 0.380 e. The highest BCUT2D eigenvalue weighted by Crippen LogP contribution is 2.44. The van der Waals surface area contributed by atoms with E-state index in [4.69, 9.17) is 10.3 Å². The Hall–Kier alpha value is -1.11. The Kier molecular flexibility index (Phi) is 3.70. The molecule has 0 saturated carbocycles. The average molecular weight is 414 g/mol. The lowest BCUT2D eigenvalue weighted by molar-refractivity contribution is 0.436. The summed E-state index contributed by atoms with van der Waals surface area (Å²) >= 11 is 8.60. The van der Waals surface area contributed by atoms with E-state index in [0.717, 1.165) is 24.3 Å². The number of anilines is 1. The SMILES string of the molecule is Cc1ccc(-c2c(N)noc2-c2cc(Br)sc2Br)cc1. The van der Waals surface area contributed by atoms with Crippen molar-refractivity contribution in [2.45, 2.75) is 6.92 Å². The van der Waals surface area contributed by atoms with E-state index in [0.29, 0.717) is 11.6 Å². The van der Waals surface area contributed by atoms with E-state index in [1.54, 1.807) is 11.3 Å². The minimum atomic E-state index is 0.401. The molecule has 0 aliphatic carbocycles. The number of hydrogen-bond donors (Lipinski definition) is 1. The van der Waals surface area contributed by atoms with Crippen LogP contribution in [0, 0.1) is 6.92 Å². The van der Waals surface area contributed by atoms with Crippen LogP contribution in [0.25, 0.3) is 22.5 Å². The predicted molar refractivity (Wildman–Crippen MR) is 89.8 cm³/mol. The summed E-state index contributed by atoms with van der Waals surface area (Å²) in [5, 5.41) is 3.91. The molecule has 0 radical (unpaired) electrons. The van der Waals surface area contributed by atoms with Gasteiger partial charge in [-0.05, 0) is 50.4 Å². The number of aryl methyl sites for hydroxylation is 1. The van der Waals surface area contributed by atoms with Gasteiger partial charge in [0.25, 0.3) is 0 Å². The summed E-state index contributed by atoms with van der Waals surface area (Å²) in [6.45, 7) is 2.05. The molecular formula is C14H10Br2N2OS. The van der Waals surface area contributed by atoms with Crippen LogP contribution in [0.4, 0.5) is 5.82 Å². The van der Waals surface area contributed by atoms with Crippen LogP contribution in [0.2, 0.25) is 0 Å². The third-order valence-electron chi connectivity index (χ3n) is 2.96. The van der Waals surface area contributed by atoms with E-state index in [1.807, 2.05) is 37.3 Å². The molecule has 3 rings (SSSR count). The Labute approximate surface area is 137 Å². The second kappa shape index (κ2) is 5.35. The van der Waals surface area contributed by atoms with E-state index in [-0.39, 0.29) is 0 Å². The Morgan fingerprint density at radius 1 is 1.20 bits per heavy atom. The number of nitrogens with two attached hydrogens (primary N) is 1. The first-order valence-electron chi connectivity index (χ1n) is 5.83. The summed E-state index contributed by atoms with van der Waals surface area (Å²) in [6, 6.07) is 10.1. The van der Waals surface area contributed by atoms with Crippen LogP contribution in [0.3, 0.4) is 0 Å². The van der Waals surface area contributed by atoms with Gasteiger partial charge < -0.3 is 10.3 Å². The van der Waals surface area contributed by atoms with E-state index in [1.165, 1.54) is 5.56 Å². The van der Waals surface area contributed by atoms with Crippen LogP contribution in [-0.4, -0.2) is 5.16 Å². The summed E-state index contributed by atoms with van der Waals surface area (Å²) < 4.78 is 7.44. The quantitative estimate of drug-likeness (QED) is 0.604. The molecule has 102 valence electrons. The van der Waals surface area contributed by atoms with Gasteiger partial charge in [-0.25, -0.2) is 0 Å². The van der Waals surface area contributed by atoms with Gasteiger partial charge >= 0.3 is 0 Å². The average Bonchev–Trinajstić information content (AvgIpc) is 2.93. The maximum atomic E-state index is 5.98. The highest BCUT2D eigenvalue weighted by molar-refractivity contribution is 9.12. The molecule has 0 unspecified atom stereocenters. The Balaban J connectivity index is 2.19. The lowest BCUT2D eigenvalue weighted by Gasteiger charge is -2.02. The summed E-state index contributed by atoms with van der Waals surface area (Å²) in [5.74, 6) is 1.08. The van der Waals surface area contributed by atoms with E-state index in [2.05, 4.69) is 37.0 Å². The lowest BCUT2D eigenvalue weighted by atomic mass is 10.0. The molecule has 0 amide bonds. The minimum absolute atomic E-state index is 0.401. The maximum Gasteiger partial charge on any atom is 0.178 e. The highest BCUT2D eigenvalue weighted by Gasteiger charge is 2.21. The van der Waals surface area contributed by atoms with E-state index < -0.39 is 0 Å². The highest BCUT2D eigenvalue weighted by atomic mass is 79.9. The lowest BCUT2D eigenvalue weighted by Crippen LogP contribution is -1.88. The van der Waals surface area contributed by atoms with Crippen LogP contribution in [0.1, 0.15) is 5.56 Å². The number of benzene rings is 1. The second-order valence-corrected chi connectivity index (χ2v) is 8.13. The van der Waals surface area contributed by atoms with Gasteiger partial charge in [0.1, 0.15) is 0 Å². The van der Waals surface area contributed by atoms with Crippen molar-refractivity contribution in [3.05, 3.63) is 43.5 Å². The Bertz CT molecular complexity index is 762. The molecule has 2 heterocycles. The zero-order chi connectivity index (χ0) is 14.3. The molecule has 6 heteroatoms. The zero-order valence-corrected chi connectivity index (χ0v) is 14.5. The van der Waals surface area contributed by atoms with Crippen LogP contribution in [0.5, 0.6) is 0 Å². The van der Waals surface area contributed by atoms with Crippen molar-refractivity contribution in [3.8, 4) is 22.5 Å². The first-order chi connectivity index (χ1) is 9.56. The fraction of sp³-hybridized carbons (Fsp3) is 0.0714. The van der Waals surface area contributed by atoms with Crippen molar-refractivity contribution in [2.75, 3.05) is 5.73 Å².